The first-order valence-corrected chi connectivity index (χ1v) is 5.60. The summed E-state index contributed by atoms with van der Waals surface area (Å²) in [7, 11) is 0. The van der Waals surface area contributed by atoms with Gasteiger partial charge in [0.05, 0.1) is 17.4 Å². The first-order valence-electron chi connectivity index (χ1n) is 5.60. The van der Waals surface area contributed by atoms with Gasteiger partial charge in [-0.15, -0.1) is 0 Å². The van der Waals surface area contributed by atoms with Crippen molar-refractivity contribution in [1.82, 2.24) is 4.98 Å². The van der Waals surface area contributed by atoms with E-state index in [1.165, 1.54) is 6.20 Å². The third-order valence-electron chi connectivity index (χ3n) is 2.68. The Morgan fingerprint density at radius 1 is 1.28 bits per heavy atom. The lowest BCUT2D eigenvalue weighted by atomic mass is 10.1. The first-order chi connectivity index (χ1) is 8.60. The molecule has 4 nitrogen and oxygen atoms in total. The highest BCUT2D eigenvalue weighted by molar-refractivity contribution is 5.67. The molecule has 0 unspecified atom stereocenters. The maximum Gasteiger partial charge on any atom is 0.148 e. The highest BCUT2D eigenvalue weighted by Gasteiger charge is 2.06. The lowest BCUT2D eigenvalue weighted by molar-refractivity contribution is 1.27. The average Bonchev–Trinajstić information content (AvgIpc) is 2.36. The minimum Gasteiger partial charge on any atom is -0.397 e. The molecule has 4 heteroatoms. The molecule has 90 valence electrons. The van der Waals surface area contributed by atoms with Crippen LogP contribution in [0.15, 0.2) is 30.5 Å². The van der Waals surface area contributed by atoms with Crippen molar-refractivity contribution in [2.75, 3.05) is 11.1 Å². The molecule has 1 aromatic heterocycles. The summed E-state index contributed by atoms with van der Waals surface area (Å²) in [6.07, 6.45) is 1.54. The third-order valence-corrected chi connectivity index (χ3v) is 2.68. The number of aromatic nitrogens is 1. The molecule has 0 fully saturated rings. The molecule has 2 rings (SSSR count). The maximum atomic E-state index is 9.06. The standard InChI is InChI=1S/C14H14N4/c1-9-3-4-10(2)13(5-9)18-14-11(7-15)6-12(16)8-17-14/h3-6,8H,16H2,1-2H3,(H,17,18). The Kier molecular flexibility index (Phi) is 3.16. The molecule has 1 aromatic carbocycles. The van der Waals surface area contributed by atoms with Gasteiger partial charge >= 0.3 is 0 Å². The number of nitriles is 1. The van der Waals surface area contributed by atoms with Gasteiger partial charge < -0.3 is 11.1 Å². The van der Waals surface area contributed by atoms with Crippen molar-refractivity contribution in [3.63, 3.8) is 0 Å². The van der Waals surface area contributed by atoms with Crippen LogP contribution in [0.4, 0.5) is 17.2 Å². The van der Waals surface area contributed by atoms with Crippen LogP contribution in [0.25, 0.3) is 0 Å². The summed E-state index contributed by atoms with van der Waals surface area (Å²) < 4.78 is 0. The van der Waals surface area contributed by atoms with E-state index < -0.39 is 0 Å². The van der Waals surface area contributed by atoms with Crippen molar-refractivity contribution >= 4 is 17.2 Å². The average molecular weight is 238 g/mol. The number of rotatable bonds is 2. The van der Waals surface area contributed by atoms with Crippen molar-refractivity contribution in [1.29, 1.82) is 5.26 Å². The second kappa shape index (κ2) is 4.76. The van der Waals surface area contributed by atoms with E-state index in [2.05, 4.69) is 16.4 Å². The normalized spacial score (nSPS) is 9.83. The number of nitrogens with one attached hydrogen (secondary N) is 1. The molecule has 0 saturated carbocycles. The van der Waals surface area contributed by atoms with Gasteiger partial charge in [-0.1, -0.05) is 12.1 Å². The van der Waals surface area contributed by atoms with E-state index in [1.54, 1.807) is 6.07 Å². The molecular formula is C14H14N4. The maximum absolute atomic E-state index is 9.06. The zero-order valence-electron chi connectivity index (χ0n) is 10.4. The second-order valence-corrected chi connectivity index (χ2v) is 4.22. The highest BCUT2D eigenvalue weighted by Crippen LogP contribution is 2.23. The molecule has 2 aromatic rings. The molecule has 0 aliphatic carbocycles. The molecule has 0 bridgehead atoms. The monoisotopic (exact) mass is 238 g/mol. The Balaban J connectivity index is 2.40. The van der Waals surface area contributed by atoms with E-state index in [-0.39, 0.29) is 0 Å². The van der Waals surface area contributed by atoms with E-state index in [9.17, 15) is 0 Å². The van der Waals surface area contributed by atoms with E-state index in [4.69, 9.17) is 11.0 Å². The van der Waals surface area contributed by atoms with Crippen molar-refractivity contribution in [3.8, 4) is 6.07 Å². The van der Waals surface area contributed by atoms with E-state index in [1.807, 2.05) is 32.0 Å². The van der Waals surface area contributed by atoms with Gasteiger partial charge in [-0.3, -0.25) is 0 Å². The predicted octanol–water partition coefficient (Wildman–Crippen LogP) is 2.90. The number of hydrogen-bond donors (Lipinski definition) is 2. The van der Waals surface area contributed by atoms with Crippen LogP contribution in [0, 0.1) is 25.2 Å². The van der Waals surface area contributed by atoms with Gasteiger partial charge in [0.15, 0.2) is 0 Å². The van der Waals surface area contributed by atoms with Crippen LogP contribution < -0.4 is 11.1 Å². The molecule has 0 aliphatic rings. The fourth-order valence-corrected chi connectivity index (χ4v) is 1.66. The number of nitrogens with two attached hydrogens (primary N) is 1. The lowest BCUT2D eigenvalue weighted by Gasteiger charge is -2.11. The van der Waals surface area contributed by atoms with Crippen molar-refractivity contribution in [2.45, 2.75) is 13.8 Å². The summed E-state index contributed by atoms with van der Waals surface area (Å²) in [6, 6.07) is 9.79. The molecule has 3 N–H and O–H groups in total. The van der Waals surface area contributed by atoms with Crippen LogP contribution in [-0.2, 0) is 0 Å². The number of nitrogen functional groups attached to an aromatic ring is 1. The minimum absolute atomic E-state index is 0.441. The van der Waals surface area contributed by atoms with Crippen LogP contribution in [0.2, 0.25) is 0 Å². The van der Waals surface area contributed by atoms with E-state index >= 15 is 0 Å². The SMILES string of the molecule is Cc1ccc(C)c(Nc2ncc(N)cc2C#N)c1. The molecule has 18 heavy (non-hydrogen) atoms. The molecule has 1 heterocycles. The van der Waals surface area contributed by atoms with Gasteiger partial charge in [0, 0.05) is 5.69 Å². The Morgan fingerprint density at radius 2 is 2.06 bits per heavy atom. The number of pyridine rings is 1. The molecule has 0 saturated heterocycles. The molecule has 0 aliphatic heterocycles. The zero-order valence-corrected chi connectivity index (χ0v) is 10.4. The van der Waals surface area contributed by atoms with Crippen LogP contribution in [0.5, 0.6) is 0 Å². The van der Waals surface area contributed by atoms with Gasteiger partial charge in [0.1, 0.15) is 11.9 Å². The third kappa shape index (κ3) is 2.41. The van der Waals surface area contributed by atoms with Gasteiger partial charge in [0.2, 0.25) is 0 Å². The lowest BCUT2D eigenvalue weighted by Crippen LogP contribution is -2.00. The van der Waals surface area contributed by atoms with E-state index in [0.717, 1.165) is 16.8 Å². The number of aryl methyl sites for hydroxylation is 2. The minimum atomic E-state index is 0.441. The van der Waals surface area contributed by atoms with Crippen LogP contribution >= 0.6 is 0 Å². The Bertz CT molecular complexity index is 626. The molecule has 0 radical (unpaired) electrons. The summed E-state index contributed by atoms with van der Waals surface area (Å²) in [5.74, 6) is 0.528. The van der Waals surface area contributed by atoms with Crippen LogP contribution in [-0.4, -0.2) is 4.98 Å². The van der Waals surface area contributed by atoms with Crippen molar-refractivity contribution < 1.29 is 0 Å². The summed E-state index contributed by atoms with van der Waals surface area (Å²) in [4.78, 5) is 4.16. The first kappa shape index (κ1) is 11.9. The fraction of sp³-hybridized carbons (Fsp3) is 0.143. The van der Waals surface area contributed by atoms with Gasteiger partial charge in [-0.25, -0.2) is 4.98 Å². The Morgan fingerprint density at radius 3 is 2.78 bits per heavy atom. The van der Waals surface area contributed by atoms with Crippen molar-refractivity contribution in [2.24, 2.45) is 0 Å². The molecule has 0 amide bonds. The van der Waals surface area contributed by atoms with Gasteiger partial charge in [-0.2, -0.15) is 5.26 Å². The molecule has 0 atom stereocenters. The van der Waals surface area contributed by atoms with E-state index in [0.29, 0.717) is 17.1 Å². The molecular weight excluding hydrogens is 224 g/mol. The van der Waals surface area contributed by atoms with Crippen molar-refractivity contribution in [3.05, 3.63) is 47.2 Å². The zero-order chi connectivity index (χ0) is 13.1. The van der Waals surface area contributed by atoms with Gasteiger partial charge in [-0.05, 0) is 37.1 Å². The summed E-state index contributed by atoms with van der Waals surface area (Å²) >= 11 is 0. The fourth-order valence-electron chi connectivity index (χ4n) is 1.66. The topological polar surface area (TPSA) is 74.7 Å². The van der Waals surface area contributed by atoms with Crippen LogP contribution in [0.3, 0.4) is 0 Å². The summed E-state index contributed by atoms with van der Waals surface area (Å²) in [5, 5.41) is 12.2. The highest BCUT2D eigenvalue weighted by atomic mass is 15.0. The largest absolute Gasteiger partial charge is 0.397 e. The summed E-state index contributed by atoms with van der Waals surface area (Å²) in [5.41, 5.74) is 9.73. The Labute approximate surface area is 106 Å². The number of nitrogens with zero attached hydrogens (tertiary/aromatic N) is 2. The predicted molar refractivity (Wildman–Crippen MR) is 72.6 cm³/mol. The van der Waals surface area contributed by atoms with Crippen LogP contribution in [0.1, 0.15) is 16.7 Å². The summed E-state index contributed by atoms with van der Waals surface area (Å²) in [6.45, 7) is 4.03. The van der Waals surface area contributed by atoms with Gasteiger partial charge in [0.25, 0.3) is 0 Å². The second-order valence-electron chi connectivity index (χ2n) is 4.22. The Hall–Kier alpha value is -2.54. The smallest absolute Gasteiger partial charge is 0.148 e. The molecule has 0 spiro atoms. The number of anilines is 3. The quantitative estimate of drug-likeness (QED) is 0.843. The number of benzene rings is 1. The number of hydrogen-bond acceptors (Lipinski definition) is 4.